The summed E-state index contributed by atoms with van der Waals surface area (Å²) in [5, 5.41) is 3.35. The van der Waals surface area contributed by atoms with Gasteiger partial charge in [-0.15, -0.1) is 0 Å². The number of hydrogen-bond donors (Lipinski definition) is 1. The van der Waals surface area contributed by atoms with Crippen molar-refractivity contribution in [1.29, 1.82) is 0 Å². The second-order valence-corrected chi connectivity index (χ2v) is 7.99. The fraction of sp³-hybridized carbons (Fsp3) is 0.500. The van der Waals surface area contributed by atoms with Gasteiger partial charge in [0.15, 0.2) is 0 Å². The maximum absolute atomic E-state index is 12.1. The maximum Gasteiger partial charge on any atom is 0.496 e. The first-order chi connectivity index (χ1) is 11.1. The van der Waals surface area contributed by atoms with Crippen LogP contribution in [0.25, 0.3) is 0 Å². The number of hydrogen-bond acceptors (Lipinski definition) is 3. The molecular weight excluding hydrogens is 324 g/mol. The highest BCUT2D eigenvalue weighted by Gasteiger charge is 2.52. The molecule has 1 amide bonds. The van der Waals surface area contributed by atoms with Crippen molar-refractivity contribution in [3.05, 3.63) is 35.4 Å². The SMILES string of the molecule is C=C(C(=O)Nc1ccc(B2OC(C)(C)C(C)(C)O2)c(Cl)c1)C1CC1. The van der Waals surface area contributed by atoms with E-state index in [0.717, 1.165) is 18.3 Å². The molecule has 4 nitrogen and oxygen atoms in total. The Morgan fingerprint density at radius 2 is 1.83 bits per heavy atom. The summed E-state index contributed by atoms with van der Waals surface area (Å²) in [6.07, 6.45) is 2.10. The molecule has 1 saturated carbocycles. The highest BCUT2D eigenvalue weighted by Crippen LogP contribution is 2.37. The summed E-state index contributed by atoms with van der Waals surface area (Å²) >= 11 is 6.40. The number of nitrogens with one attached hydrogen (secondary N) is 1. The molecule has 1 aromatic carbocycles. The first-order valence-corrected chi connectivity index (χ1v) is 8.64. The van der Waals surface area contributed by atoms with Crippen LogP contribution >= 0.6 is 11.6 Å². The second-order valence-electron chi connectivity index (χ2n) is 7.58. The Labute approximate surface area is 148 Å². The zero-order valence-electron chi connectivity index (χ0n) is 14.6. The maximum atomic E-state index is 12.1. The lowest BCUT2D eigenvalue weighted by Crippen LogP contribution is -2.41. The monoisotopic (exact) mass is 347 g/mol. The van der Waals surface area contributed by atoms with Gasteiger partial charge in [0, 0.05) is 21.7 Å². The topological polar surface area (TPSA) is 47.6 Å². The summed E-state index contributed by atoms with van der Waals surface area (Å²) in [6.45, 7) is 11.9. The summed E-state index contributed by atoms with van der Waals surface area (Å²) < 4.78 is 12.0. The molecule has 2 fully saturated rings. The molecule has 3 rings (SSSR count). The van der Waals surface area contributed by atoms with Crippen LogP contribution in [0, 0.1) is 5.92 Å². The fourth-order valence-electron chi connectivity index (χ4n) is 2.59. The molecule has 1 aliphatic carbocycles. The zero-order valence-corrected chi connectivity index (χ0v) is 15.4. The third kappa shape index (κ3) is 3.25. The molecule has 0 spiro atoms. The molecule has 1 N–H and O–H groups in total. The van der Waals surface area contributed by atoms with Gasteiger partial charge in [0.1, 0.15) is 0 Å². The number of halogens is 1. The van der Waals surface area contributed by atoms with Crippen LogP contribution in [0.15, 0.2) is 30.4 Å². The zero-order chi connectivity index (χ0) is 17.7. The highest BCUT2D eigenvalue weighted by molar-refractivity contribution is 6.65. The van der Waals surface area contributed by atoms with Crippen molar-refractivity contribution in [1.82, 2.24) is 0 Å². The van der Waals surface area contributed by atoms with Crippen molar-refractivity contribution in [2.75, 3.05) is 5.32 Å². The Bertz CT molecular complexity index is 682. The number of rotatable bonds is 4. The van der Waals surface area contributed by atoms with Gasteiger partial charge in [-0.05, 0) is 58.6 Å². The molecule has 128 valence electrons. The smallest absolute Gasteiger partial charge is 0.399 e. The molecule has 2 aliphatic rings. The first kappa shape index (κ1) is 17.5. The van der Waals surface area contributed by atoms with Gasteiger partial charge >= 0.3 is 7.12 Å². The van der Waals surface area contributed by atoms with E-state index in [-0.39, 0.29) is 5.91 Å². The van der Waals surface area contributed by atoms with Crippen LogP contribution in [-0.4, -0.2) is 24.2 Å². The van der Waals surface area contributed by atoms with Gasteiger partial charge in [-0.25, -0.2) is 0 Å². The van der Waals surface area contributed by atoms with Crippen LogP contribution in [-0.2, 0) is 14.1 Å². The van der Waals surface area contributed by atoms with E-state index >= 15 is 0 Å². The number of amides is 1. The summed E-state index contributed by atoms with van der Waals surface area (Å²) in [5.41, 5.74) is 1.20. The third-order valence-corrected chi connectivity index (χ3v) is 5.45. The second kappa shape index (κ2) is 5.90. The van der Waals surface area contributed by atoms with Crippen molar-refractivity contribution >= 4 is 35.8 Å². The Kier molecular flexibility index (Phi) is 4.31. The molecule has 1 aromatic rings. The van der Waals surface area contributed by atoms with Gasteiger partial charge in [-0.2, -0.15) is 0 Å². The summed E-state index contributed by atoms with van der Waals surface area (Å²) in [5.74, 6) is 0.196. The van der Waals surface area contributed by atoms with Gasteiger partial charge < -0.3 is 14.6 Å². The number of carbonyl (C=O) groups is 1. The van der Waals surface area contributed by atoms with E-state index in [1.165, 1.54) is 0 Å². The molecule has 6 heteroatoms. The van der Waals surface area contributed by atoms with E-state index in [9.17, 15) is 4.79 Å². The first-order valence-electron chi connectivity index (χ1n) is 8.26. The van der Waals surface area contributed by atoms with Crippen molar-refractivity contribution in [2.45, 2.75) is 51.7 Å². The third-order valence-electron chi connectivity index (χ3n) is 5.13. The minimum Gasteiger partial charge on any atom is -0.399 e. The van der Waals surface area contributed by atoms with Gasteiger partial charge in [-0.3, -0.25) is 4.79 Å². The van der Waals surface area contributed by atoms with Crippen LogP contribution in [0.1, 0.15) is 40.5 Å². The van der Waals surface area contributed by atoms with Crippen LogP contribution in [0.5, 0.6) is 0 Å². The molecule has 0 aromatic heterocycles. The van der Waals surface area contributed by atoms with E-state index in [1.807, 2.05) is 39.8 Å². The normalized spacial score (nSPS) is 21.6. The minimum atomic E-state index is -0.520. The van der Waals surface area contributed by atoms with Crippen LogP contribution in [0.3, 0.4) is 0 Å². The van der Waals surface area contributed by atoms with Crippen molar-refractivity contribution in [2.24, 2.45) is 5.92 Å². The molecule has 0 bridgehead atoms. The van der Waals surface area contributed by atoms with E-state index in [0.29, 0.717) is 22.2 Å². The van der Waals surface area contributed by atoms with Crippen LogP contribution in [0.4, 0.5) is 5.69 Å². The largest absolute Gasteiger partial charge is 0.496 e. The predicted molar refractivity (Wildman–Crippen MR) is 97.7 cm³/mol. The van der Waals surface area contributed by atoms with E-state index in [4.69, 9.17) is 20.9 Å². The molecule has 0 unspecified atom stereocenters. The highest BCUT2D eigenvalue weighted by atomic mass is 35.5. The van der Waals surface area contributed by atoms with E-state index < -0.39 is 18.3 Å². The average Bonchev–Trinajstić information content (AvgIpc) is 3.26. The fourth-order valence-corrected chi connectivity index (χ4v) is 2.86. The average molecular weight is 348 g/mol. The summed E-state index contributed by atoms with van der Waals surface area (Å²) in [4.78, 5) is 12.1. The molecular formula is C18H23BClNO3. The standard InChI is InChI=1S/C18H23BClNO3/c1-11(12-6-7-12)16(22)21-13-8-9-14(15(20)10-13)19-23-17(2,3)18(4,5)24-19/h8-10,12H,1,6-7H2,2-5H3,(H,21,22). The Balaban J connectivity index is 1.73. The van der Waals surface area contributed by atoms with Gasteiger partial charge in [0.25, 0.3) is 5.91 Å². The van der Waals surface area contributed by atoms with Crippen LogP contribution in [0.2, 0.25) is 5.02 Å². The molecule has 0 radical (unpaired) electrons. The Hall–Kier alpha value is -1.30. The van der Waals surface area contributed by atoms with Crippen molar-refractivity contribution in [3.63, 3.8) is 0 Å². The summed E-state index contributed by atoms with van der Waals surface area (Å²) in [6, 6.07) is 5.37. The minimum absolute atomic E-state index is 0.142. The Morgan fingerprint density at radius 3 is 2.33 bits per heavy atom. The number of benzene rings is 1. The van der Waals surface area contributed by atoms with Gasteiger partial charge in [0.2, 0.25) is 0 Å². The van der Waals surface area contributed by atoms with Gasteiger partial charge in [0.05, 0.1) is 11.2 Å². The molecule has 1 aliphatic heterocycles. The van der Waals surface area contributed by atoms with E-state index in [2.05, 4.69) is 11.9 Å². The molecule has 1 heterocycles. The lowest BCUT2D eigenvalue weighted by molar-refractivity contribution is -0.113. The lowest BCUT2D eigenvalue weighted by Gasteiger charge is -2.32. The molecule has 0 atom stereocenters. The van der Waals surface area contributed by atoms with Crippen molar-refractivity contribution < 1.29 is 14.1 Å². The van der Waals surface area contributed by atoms with Crippen LogP contribution < -0.4 is 10.8 Å². The molecule has 24 heavy (non-hydrogen) atoms. The van der Waals surface area contributed by atoms with E-state index in [1.54, 1.807) is 6.07 Å². The quantitative estimate of drug-likeness (QED) is 0.669. The molecule has 1 saturated heterocycles. The number of anilines is 1. The Morgan fingerprint density at radius 1 is 1.25 bits per heavy atom. The number of carbonyl (C=O) groups excluding carboxylic acids is 1. The van der Waals surface area contributed by atoms with Gasteiger partial charge in [-0.1, -0.05) is 24.2 Å². The predicted octanol–water partition coefficient (Wildman–Crippen LogP) is 3.54. The lowest BCUT2D eigenvalue weighted by atomic mass is 9.79. The van der Waals surface area contributed by atoms with Crippen molar-refractivity contribution in [3.8, 4) is 0 Å². The summed E-state index contributed by atoms with van der Waals surface area (Å²) in [7, 11) is -0.520.